The molecule has 0 saturated carbocycles. The van der Waals surface area contributed by atoms with Gasteiger partial charge in [0.1, 0.15) is 0 Å². The number of hydrogen-bond acceptors (Lipinski definition) is 3. The number of halogens is 1. The SMILES string of the molecule is CCN1c2ccc(Cl)cc2NCC2COCC21. The summed E-state index contributed by atoms with van der Waals surface area (Å²) in [5.74, 6) is 0.570. The van der Waals surface area contributed by atoms with Crippen LogP contribution >= 0.6 is 11.6 Å². The Morgan fingerprint density at radius 3 is 3.18 bits per heavy atom. The van der Waals surface area contributed by atoms with Gasteiger partial charge in [0.25, 0.3) is 0 Å². The summed E-state index contributed by atoms with van der Waals surface area (Å²) in [6.45, 7) is 5.85. The van der Waals surface area contributed by atoms with Crippen LogP contribution in [0.25, 0.3) is 0 Å². The number of anilines is 2. The van der Waals surface area contributed by atoms with E-state index in [-0.39, 0.29) is 0 Å². The van der Waals surface area contributed by atoms with Crippen molar-refractivity contribution < 1.29 is 4.74 Å². The van der Waals surface area contributed by atoms with E-state index >= 15 is 0 Å². The first kappa shape index (κ1) is 11.2. The molecule has 1 aromatic rings. The molecular weight excluding hydrogens is 236 g/mol. The van der Waals surface area contributed by atoms with Crippen LogP contribution in [0.15, 0.2) is 18.2 Å². The van der Waals surface area contributed by atoms with Gasteiger partial charge in [0.2, 0.25) is 0 Å². The van der Waals surface area contributed by atoms with Gasteiger partial charge in [0.05, 0.1) is 30.6 Å². The van der Waals surface area contributed by atoms with Crippen LogP contribution in [0.3, 0.4) is 0 Å². The van der Waals surface area contributed by atoms with E-state index in [1.807, 2.05) is 12.1 Å². The van der Waals surface area contributed by atoms with E-state index < -0.39 is 0 Å². The van der Waals surface area contributed by atoms with Gasteiger partial charge >= 0.3 is 0 Å². The van der Waals surface area contributed by atoms with E-state index in [2.05, 4.69) is 23.2 Å². The van der Waals surface area contributed by atoms with Crippen LogP contribution in [0.5, 0.6) is 0 Å². The van der Waals surface area contributed by atoms with Crippen LogP contribution in [-0.4, -0.2) is 32.3 Å². The molecule has 0 radical (unpaired) electrons. The molecule has 3 nitrogen and oxygen atoms in total. The highest BCUT2D eigenvalue weighted by molar-refractivity contribution is 6.31. The van der Waals surface area contributed by atoms with E-state index in [1.54, 1.807) is 0 Å². The van der Waals surface area contributed by atoms with Gasteiger partial charge < -0.3 is 15.0 Å². The molecule has 1 aromatic carbocycles. The number of hydrogen-bond donors (Lipinski definition) is 1. The highest BCUT2D eigenvalue weighted by Crippen LogP contribution is 2.36. The fraction of sp³-hybridized carbons (Fsp3) is 0.538. The van der Waals surface area contributed by atoms with Crippen LogP contribution in [-0.2, 0) is 4.74 Å². The number of likely N-dealkylation sites (N-methyl/N-ethyl adjacent to an activating group) is 1. The predicted molar refractivity (Wildman–Crippen MR) is 71.1 cm³/mol. The number of nitrogens with zero attached hydrogens (tertiary/aromatic N) is 1. The molecule has 2 aliphatic heterocycles. The fourth-order valence-corrected chi connectivity index (χ4v) is 3.02. The molecule has 1 fully saturated rings. The maximum absolute atomic E-state index is 6.06. The molecule has 1 saturated heterocycles. The molecule has 2 aliphatic rings. The molecule has 4 heteroatoms. The molecule has 2 atom stereocenters. The molecule has 0 aromatic heterocycles. The lowest BCUT2D eigenvalue weighted by molar-refractivity contribution is 0.185. The lowest BCUT2D eigenvalue weighted by atomic mass is 10.0. The summed E-state index contributed by atoms with van der Waals surface area (Å²) in [4.78, 5) is 2.43. The summed E-state index contributed by atoms with van der Waals surface area (Å²) in [6.07, 6.45) is 0. The molecule has 92 valence electrons. The molecule has 17 heavy (non-hydrogen) atoms. The number of nitrogens with one attached hydrogen (secondary N) is 1. The van der Waals surface area contributed by atoms with Gasteiger partial charge in [-0.2, -0.15) is 0 Å². The summed E-state index contributed by atoms with van der Waals surface area (Å²) >= 11 is 6.06. The van der Waals surface area contributed by atoms with Crippen molar-refractivity contribution in [2.75, 3.05) is 36.5 Å². The third kappa shape index (κ3) is 1.87. The Hall–Kier alpha value is -0.930. The Labute approximate surface area is 107 Å². The minimum Gasteiger partial charge on any atom is -0.383 e. The van der Waals surface area contributed by atoms with Crippen molar-refractivity contribution in [3.8, 4) is 0 Å². The highest BCUT2D eigenvalue weighted by atomic mass is 35.5. The number of ether oxygens (including phenoxy) is 1. The van der Waals surface area contributed by atoms with Gasteiger partial charge in [0.15, 0.2) is 0 Å². The third-order valence-electron chi connectivity index (χ3n) is 3.73. The van der Waals surface area contributed by atoms with Gasteiger partial charge in [-0.1, -0.05) is 11.6 Å². The Bertz CT molecular complexity index is 424. The number of benzene rings is 1. The van der Waals surface area contributed by atoms with Gasteiger partial charge in [-0.15, -0.1) is 0 Å². The molecule has 0 bridgehead atoms. The van der Waals surface area contributed by atoms with E-state index in [0.717, 1.165) is 37.0 Å². The second kappa shape index (κ2) is 4.39. The van der Waals surface area contributed by atoms with Crippen molar-refractivity contribution >= 4 is 23.0 Å². The third-order valence-corrected chi connectivity index (χ3v) is 3.96. The molecule has 2 unspecified atom stereocenters. The Morgan fingerprint density at radius 2 is 2.35 bits per heavy atom. The molecular formula is C13H17ClN2O. The van der Waals surface area contributed by atoms with Crippen molar-refractivity contribution in [1.82, 2.24) is 0 Å². The summed E-state index contributed by atoms with van der Waals surface area (Å²) in [7, 11) is 0. The first-order chi connectivity index (χ1) is 8.29. The van der Waals surface area contributed by atoms with E-state index in [1.165, 1.54) is 5.69 Å². The fourth-order valence-electron chi connectivity index (χ4n) is 2.85. The first-order valence-corrected chi connectivity index (χ1v) is 6.55. The monoisotopic (exact) mass is 252 g/mol. The molecule has 1 N–H and O–H groups in total. The average molecular weight is 253 g/mol. The van der Waals surface area contributed by atoms with Gasteiger partial charge in [-0.05, 0) is 25.1 Å². The second-order valence-electron chi connectivity index (χ2n) is 4.69. The van der Waals surface area contributed by atoms with Crippen LogP contribution in [0.4, 0.5) is 11.4 Å². The molecule has 0 aliphatic carbocycles. The predicted octanol–water partition coefficient (Wildman–Crippen LogP) is 2.61. The summed E-state index contributed by atoms with van der Waals surface area (Å²) in [6, 6.07) is 6.58. The minimum absolute atomic E-state index is 0.495. The zero-order chi connectivity index (χ0) is 11.8. The Balaban J connectivity index is 2.02. The zero-order valence-corrected chi connectivity index (χ0v) is 10.7. The van der Waals surface area contributed by atoms with Crippen molar-refractivity contribution in [2.45, 2.75) is 13.0 Å². The van der Waals surface area contributed by atoms with Crippen molar-refractivity contribution in [3.05, 3.63) is 23.2 Å². The lowest BCUT2D eigenvalue weighted by Gasteiger charge is -2.30. The quantitative estimate of drug-likeness (QED) is 0.832. The van der Waals surface area contributed by atoms with Gasteiger partial charge in [0, 0.05) is 24.0 Å². The van der Waals surface area contributed by atoms with Crippen LogP contribution in [0.1, 0.15) is 6.92 Å². The Morgan fingerprint density at radius 1 is 1.47 bits per heavy atom. The van der Waals surface area contributed by atoms with E-state index in [9.17, 15) is 0 Å². The zero-order valence-electron chi connectivity index (χ0n) is 9.95. The van der Waals surface area contributed by atoms with Crippen molar-refractivity contribution in [3.63, 3.8) is 0 Å². The topological polar surface area (TPSA) is 24.5 Å². The molecule has 2 heterocycles. The van der Waals surface area contributed by atoms with E-state index in [4.69, 9.17) is 16.3 Å². The van der Waals surface area contributed by atoms with Crippen LogP contribution < -0.4 is 10.2 Å². The van der Waals surface area contributed by atoms with Gasteiger partial charge in [-0.25, -0.2) is 0 Å². The number of rotatable bonds is 1. The largest absolute Gasteiger partial charge is 0.383 e. The second-order valence-corrected chi connectivity index (χ2v) is 5.13. The average Bonchev–Trinajstić information content (AvgIpc) is 2.73. The molecule has 0 amide bonds. The van der Waals surface area contributed by atoms with Crippen LogP contribution in [0, 0.1) is 5.92 Å². The molecule has 3 rings (SSSR count). The first-order valence-electron chi connectivity index (χ1n) is 6.17. The standard InChI is InChI=1S/C13H17ClN2O/c1-2-16-12-4-3-10(14)5-11(12)15-6-9-7-17-8-13(9)16/h3-5,9,13,15H,2,6-8H2,1H3. The minimum atomic E-state index is 0.495. The van der Waals surface area contributed by atoms with Crippen LogP contribution in [0.2, 0.25) is 5.02 Å². The summed E-state index contributed by atoms with van der Waals surface area (Å²) in [5.41, 5.74) is 2.39. The van der Waals surface area contributed by atoms with Gasteiger partial charge in [-0.3, -0.25) is 0 Å². The normalized spacial score (nSPS) is 27.1. The lowest BCUT2D eigenvalue weighted by Crippen LogP contribution is -2.40. The summed E-state index contributed by atoms with van der Waals surface area (Å²) < 4.78 is 5.61. The van der Waals surface area contributed by atoms with Crippen molar-refractivity contribution in [1.29, 1.82) is 0 Å². The van der Waals surface area contributed by atoms with E-state index in [0.29, 0.717) is 12.0 Å². The molecule has 0 spiro atoms. The maximum Gasteiger partial charge on any atom is 0.0674 e. The highest BCUT2D eigenvalue weighted by Gasteiger charge is 2.35. The summed E-state index contributed by atoms with van der Waals surface area (Å²) in [5, 5.41) is 4.28. The maximum atomic E-state index is 6.06. The Kier molecular flexibility index (Phi) is 2.89. The number of fused-ring (bicyclic) bond motifs is 2. The smallest absolute Gasteiger partial charge is 0.0674 e. The van der Waals surface area contributed by atoms with Crippen molar-refractivity contribution in [2.24, 2.45) is 5.92 Å².